The van der Waals surface area contributed by atoms with Crippen LogP contribution < -0.4 is 19.5 Å². The highest BCUT2D eigenvalue weighted by atomic mass is 32.1. The fraction of sp³-hybridized carbons (Fsp3) is 0.208. The maximum Gasteiger partial charge on any atom is 0.174 e. The SMILES string of the molecule is COc1ccc(CN(Cc2ccccc2OC)C(=S)Nc2ccc(OC)cc2)cc1. The molecule has 0 unspecified atom stereocenters. The molecule has 0 aliphatic heterocycles. The molecule has 6 heteroatoms. The summed E-state index contributed by atoms with van der Waals surface area (Å²) in [5, 5.41) is 3.96. The van der Waals surface area contributed by atoms with E-state index in [0.29, 0.717) is 18.2 Å². The van der Waals surface area contributed by atoms with Crippen LogP contribution in [0.4, 0.5) is 5.69 Å². The Morgan fingerprint density at radius 1 is 0.767 bits per heavy atom. The van der Waals surface area contributed by atoms with Gasteiger partial charge in [-0.25, -0.2) is 0 Å². The van der Waals surface area contributed by atoms with E-state index >= 15 is 0 Å². The minimum absolute atomic E-state index is 0.609. The van der Waals surface area contributed by atoms with E-state index in [1.165, 1.54) is 0 Å². The molecule has 1 N–H and O–H groups in total. The molecular weight excluding hydrogens is 396 g/mol. The van der Waals surface area contributed by atoms with Crippen LogP contribution in [0.2, 0.25) is 0 Å². The van der Waals surface area contributed by atoms with Gasteiger partial charge < -0.3 is 24.4 Å². The Bertz CT molecular complexity index is 959. The van der Waals surface area contributed by atoms with Crippen molar-refractivity contribution in [1.82, 2.24) is 4.90 Å². The van der Waals surface area contributed by atoms with Crippen LogP contribution in [0.25, 0.3) is 0 Å². The molecule has 0 amide bonds. The Hall–Kier alpha value is -3.25. The van der Waals surface area contributed by atoms with Crippen LogP contribution in [-0.2, 0) is 13.1 Å². The fourth-order valence-electron chi connectivity index (χ4n) is 3.07. The lowest BCUT2D eigenvalue weighted by atomic mass is 10.1. The molecule has 3 aromatic rings. The van der Waals surface area contributed by atoms with Crippen LogP contribution >= 0.6 is 12.2 Å². The maximum absolute atomic E-state index is 5.76. The number of nitrogens with one attached hydrogen (secondary N) is 1. The highest BCUT2D eigenvalue weighted by molar-refractivity contribution is 7.80. The zero-order valence-electron chi connectivity index (χ0n) is 17.4. The van der Waals surface area contributed by atoms with E-state index in [1.54, 1.807) is 21.3 Å². The van der Waals surface area contributed by atoms with Gasteiger partial charge in [-0.05, 0) is 60.2 Å². The molecule has 0 aromatic heterocycles. The van der Waals surface area contributed by atoms with Crippen molar-refractivity contribution in [3.8, 4) is 17.2 Å². The van der Waals surface area contributed by atoms with Gasteiger partial charge in [0.1, 0.15) is 17.2 Å². The van der Waals surface area contributed by atoms with Crippen LogP contribution in [0.1, 0.15) is 11.1 Å². The second-order valence-electron chi connectivity index (χ2n) is 6.67. The molecule has 156 valence electrons. The minimum atomic E-state index is 0.609. The zero-order valence-corrected chi connectivity index (χ0v) is 18.2. The van der Waals surface area contributed by atoms with Crippen molar-refractivity contribution in [3.05, 3.63) is 83.9 Å². The third-order valence-corrected chi connectivity index (χ3v) is 5.07. The summed E-state index contributed by atoms with van der Waals surface area (Å²) in [4.78, 5) is 2.11. The van der Waals surface area contributed by atoms with Gasteiger partial charge in [-0.1, -0.05) is 30.3 Å². The van der Waals surface area contributed by atoms with Crippen LogP contribution in [0.15, 0.2) is 72.8 Å². The Morgan fingerprint density at radius 2 is 1.37 bits per heavy atom. The summed E-state index contributed by atoms with van der Waals surface area (Å²) >= 11 is 5.76. The average molecular weight is 423 g/mol. The van der Waals surface area contributed by atoms with Gasteiger partial charge in [-0.2, -0.15) is 0 Å². The summed E-state index contributed by atoms with van der Waals surface area (Å²) in [6.07, 6.45) is 0. The van der Waals surface area contributed by atoms with Gasteiger partial charge in [0.15, 0.2) is 5.11 Å². The van der Waals surface area contributed by atoms with Crippen molar-refractivity contribution < 1.29 is 14.2 Å². The molecule has 0 fully saturated rings. The van der Waals surface area contributed by atoms with Gasteiger partial charge >= 0.3 is 0 Å². The smallest absolute Gasteiger partial charge is 0.174 e. The lowest BCUT2D eigenvalue weighted by molar-refractivity contribution is 0.377. The lowest BCUT2D eigenvalue weighted by Gasteiger charge is -2.27. The number of thiocarbonyl (C=S) groups is 1. The van der Waals surface area contributed by atoms with Gasteiger partial charge in [0, 0.05) is 24.3 Å². The number of anilines is 1. The van der Waals surface area contributed by atoms with E-state index in [9.17, 15) is 0 Å². The quantitative estimate of drug-likeness (QED) is 0.509. The molecule has 0 atom stereocenters. The van der Waals surface area contributed by atoms with Crippen molar-refractivity contribution >= 4 is 23.0 Å². The topological polar surface area (TPSA) is 43.0 Å². The van der Waals surface area contributed by atoms with Gasteiger partial charge in [-0.15, -0.1) is 0 Å². The number of nitrogens with zero attached hydrogens (tertiary/aromatic N) is 1. The molecule has 0 saturated carbocycles. The number of hydrogen-bond donors (Lipinski definition) is 1. The van der Waals surface area contributed by atoms with E-state index in [0.717, 1.165) is 34.1 Å². The molecule has 5 nitrogen and oxygen atoms in total. The predicted molar refractivity (Wildman–Crippen MR) is 124 cm³/mol. The van der Waals surface area contributed by atoms with Crippen molar-refractivity contribution in [2.75, 3.05) is 26.6 Å². The highest BCUT2D eigenvalue weighted by Gasteiger charge is 2.14. The van der Waals surface area contributed by atoms with E-state index in [4.69, 9.17) is 26.4 Å². The van der Waals surface area contributed by atoms with Crippen LogP contribution in [-0.4, -0.2) is 31.3 Å². The number of rotatable bonds is 8. The molecule has 3 aromatic carbocycles. The van der Waals surface area contributed by atoms with E-state index in [1.807, 2.05) is 66.7 Å². The average Bonchev–Trinajstić information content (AvgIpc) is 2.80. The molecule has 0 heterocycles. The number of hydrogen-bond acceptors (Lipinski definition) is 4. The van der Waals surface area contributed by atoms with E-state index < -0.39 is 0 Å². The number of benzene rings is 3. The number of ether oxygens (including phenoxy) is 3. The highest BCUT2D eigenvalue weighted by Crippen LogP contribution is 2.22. The van der Waals surface area contributed by atoms with Gasteiger partial charge in [0.25, 0.3) is 0 Å². The van der Waals surface area contributed by atoms with Gasteiger partial charge in [0.05, 0.1) is 21.3 Å². The first-order valence-corrected chi connectivity index (χ1v) is 9.98. The zero-order chi connectivity index (χ0) is 21.3. The summed E-state index contributed by atoms with van der Waals surface area (Å²) in [5.74, 6) is 2.47. The van der Waals surface area contributed by atoms with Crippen molar-refractivity contribution in [2.45, 2.75) is 13.1 Å². The van der Waals surface area contributed by atoms with Crippen molar-refractivity contribution in [3.63, 3.8) is 0 Å². The van der Waals surface area contributed by atoms with Gasteiger partial charge in [0.2, 0.25) is 0 Å². The summed E-state index contributed by atoms with van der Waals surface area (Å²) in [7, 11) is 4.99. The molecule has 30 heavy (non-hydrogen) atoms. The Labute approximate surface area is 183 Å². The standard InChI is InChI=1S/C24H26N2O3S/c1-27-21-12-8-18(9-13-21)16-26(17-19-6-4-5-7-23(19)29-3)24(30)25-20-10-14-22(28-2)15-11-20/h4-15H,16-17H2,1-3H3,(H,25,30). The molecule has 0 aliphatic rings. The third-order valence-electron chi connectivity index (χ3n) is 4.71. The molecule has 0 radical (unpaired) electrons. The molecule has 0 bridgehead atoms. The lowest BCUT2D eigenvalue weighted by Crippen LogP contribution is -2.34. The second kappa shape index (κ2) is 10.5. The Balaban J connectivity index is 1.81. The largest absolute Gasteiger partial charge is 0.497 e. The Morgan fingerprint density at radius 3 is 1.97 bits per heavy atom. The molecule has 0 spiro atoms. The minimum Gasteiger partial charge on any atom is -0.497 e. The normalized spacial score (nSPS) is 10.2. The molecule has 3 rings (SSSR count). The predicted octanol–water partition coefficient (Wildman–Crippen LogP) is 5.11. The van der Waals surface area contributed by atoms with Crippen LogP contribution in [0, 0.1) is 0 Å². The summed E-state index contributed by atoms with van der Waals surface area (Å²) in [6, 6.07) is 23.7. The monoisotopic (exact) mass is 422 g/mol. The first-order valence-electron chi connectivity index (χ1n) is 9.57. The molecular formula is C24H26N2O3S. The van der Waals surface area contributed by atoms with Gasteiger partial charge in [-0.3, -0.25) is 0 Å². The summed E-state index contributed by atoms with van der Waals surface area (Å²) in [5.41, 5.74) is 3.09. The third kappa shape index (κ3) is 5.64. The fourth-order valence-corrected chi connectivity index (χ4v) is 3.31. The second-order valence-corrected chi connectivity index (χ2v) is 7.06. The molecule has 0 aliphatic carbocycles. The van der Waals surface area contributed by atoms with E-state index in [2.05, 4.69) is 16.3 Å². The number of methoxy groups -OCH3 is 3. The first-order chi connectivity index (χ1) is 14.6. The maximum atomic E-state index is 5.76. The summed E-state index contributed by atoms with van der Waals surface area (Å²) in [6.45, 7) is 1.25. The first kappa shape index (κ1) is 21.5. The van der Waals surface area contributed by atoms with Crippen LogP contribution in [0.5, 0.6) is 17.2 Å². The van der Waals surface area contributed by atoms with Crippen molar-refractivity contribution in [1.29, 1.82) is 0 Å². The molecule has 0 saturated heterocycles. The van der Waals surface area contributed by atoms with Crippen LogP contribution in [0.3, 0.4) is 0 Å². The number of para-hydroxylation sites is 1. The van der Waals surface area contributed by atoms with Crippen molar-refractivity contribution in [2.24, 2.45) is 0 Å². The summed E-state index contributed by atoms with van der Waals surface area (Å²) < 4.78 is 16.0. The Kier molecular flexibility index (Phi) is 7.51. The van der Waals surface area contributed by atoms with E-state index in [-0.39, 0.29) is 0 Å².